The third kappa shape index (κ3) is 4.69. The van der Waals surface area contributed by atoms with Gasteiger partial charge in [0.25, 0.3) is 0 Å². The predicted molar refractivity (Wildman–Crippen MR) is 70.3 cm³/mol. The molecule has 0 aromatic rings. The number of amides is 2. The number of rotatable bonds is 5. The fraction of sp³-hybridized carbons (Fsp3) is 0.750. The molecule has 2 N–H and O–H groups in total. The maximum Gasteiger partial charge on any atom is 0.320 e. The van der Waals surface area contributed by atoms with Crippen molar-refractivity contribution in [3.63, 3.8) is 0 Å². The normalized spacial score (nSPS) is 17.4. The summed E-state index contributed by atoms with van der Waals surface area (Å²) in [5, 5.41) is 11.6. The Bertz CT molecular complexity index is 366. The highest BCUT2D eigenvalue weighted by atomic mass is 16.5. The quantitative estimate of drug-likeness (QED) is 0.652. The fourth-order valence-electron chi connectivity index (χ4n) is 1.95. The molecule has 0 radical (unpaired) electrons. The van der Waals surface area contributed by atoms with E-state index in [-0.39, 0.29) is 25.0 Å². The van der Waals surface area contributed by atoms with E-state index in [1.807, 2.05) is 4.90 Å². The second-order valence-electron chi connectivity index (χ2n) is 4.60. The number of carbonyl (C=O) groups is 3. The smallest absolute Gasteiger partial charge is 0.320 e. The van der Waals surface area contributed by atoms with Crippen molar-refractivity contribution in [3.05, 3.63) is 0 Å². The van der Waals surface area contributed by atoms with Crippen molar-refractivity contribution in [3.8, 4) is 0 Å². The average Bonchev–Trinajstić information content (AvgIpc) is 2.46. The van der Waals surface area contributed by atoms with Gasteiger partial charge in [-0.3, -0.25) is 14.5 Å². The molecular formula is C12H21N3O5. The third-order valence-corrected chi connectivity index (χ3v) is 3.34. The zero-order chi connectivity index (χ0) is 15.1. The van der Waals surface area contributed by atoms with E-state index in [1.165, 1.54) is 7.11 Å². The van der Waals surface area contributed by atoms with Gasteiger partial charge in [-0.2, -0.15) is 0 Å². The van der Waals surface area contributed by atoms with Gasteiger partial charge in [0, 0.05) is 32.7 Å². The number of carboxylic acids is 1. The minimum atomic E-state index is -0.860. The molecule has 1 saturated heterocycles. The zero-order valence-corrected chi connectivity index (χ0v) is 11.8. The molecule has 1 aliphatic rings. The van der Waals surface area contributed by atoms with Crippen molar-refractivity contribution in [2.45, 2.75) is 19.4 Å². The lowest BCUT2D eigenvalue weighted by Gasteiger charge is -2.36. The maximum atomic E-state index is 11.8. The lowest BCUT2D eigenvalue weighted by atomic mass is 10.2. The number of ether oxygens (including phenoxy) is 1. The first kappa shape index (κ1) is 16.2. The highest BCUT2D eigenvalue weighted by Crippen LogP contribution is 2.06. The number of carboxylic acid groups (broad SMARTS) is 1. The first-order valence-electron chi connectivity index (χ1n) is 6.52. The first-order valence-corrected chi connectivity index (χ1v) is 6.52. The van der Waals surface area contributed by atoms with Gasteiger partial charge >= 0.3 is 18.0 Å². The second kappa shape index (κ2) is 7.68. The Kier molecular flexibility index (Phi) is 6.23. The molecule has 1 unspecified atom stereocenters. The fourth-order valence-corrected chi connectivity index (χ4v) is 1.95. The van der Waals surface area contributed by atoms with Crippen LogP contribution in [0.1, 0.15) is 13.3 Å². The third-order valence-electron chi connectivity index (χ3n) is 3.34. The van der Waals surface area contributed by atoms with Gasteiger partial charge in [0.15, 0.2) is 0 Å². The molecule has 0 bridgehead atoms. The van der Waals surface area contributed by atoms with Crippen LogP contribution in [0.5, 0.6) is 0 Å². The molecule has 114 valence electrons. The molecular weight excluding hydrogens is 266 g/mol. The van der Waals surface area contributed by atoms with Gasteiger partial charge in [-0.15, -0.1) is 0 Å². The second-order valence-corrected chi connectivity index (χ2v) is 4.60. The summed E-state index contributed by atoms with van der Waals surface area (Å²) in [5.41, 5.74) is 0. The molecule has 20 heavy (non-hydrogen) atoms. The van der Waals surface area contributed by atoms with Crippen LogP contribution < -0.4 is 5.32 Å². The van der Waals surface area contributed by atoms with E-state index >= 15 is 0 Å². The Hall–Kier alpha value is -1.83. The summed E-state index contributed by atoms with van der Waals surface area (Å²) < 4.78 is 4.47. The number of aliphatic carboxylic acids is 1. The Morgan fingerprint density at radius 3 is 2.35 bits per heavy atom. The molecule has 8 heteroatoms. The summed E-state index contributed by atoms with van der Waals surface area (Å²) in [4.78, 5) is 37.0. The number of methoxy groups -OCH3 is 1. The van der Waals surface area contributed by atoms with Crippen molar-refractivity contribution in [2.24, 2.45) is 0 Å². The highest BCUT2D eigenvalue weighted by molar-refractivity contribution is 5.76. The van der Waals surface area contributed by atoms with Crippen LogP contribution in [0.2, 0.25) is 0 Å². The minimum absolute atomic E-state index is 0.137. The molecule has 0 aromatic heterocycles. The van der Waals surface area contributed by atoms with Crippen LogP contribution in [0.15, 0.2) is 0 Å². The van der Waals surface area contributed by atoms with Gasteiger partial charge in [-0.05, 0) is 6.92 Å². The van der Waals surface area contributed by atoms with Gasteiger partial charge in [0.2, 0.25) is 0 Å². The summed E-state index contributed by atoms with van der Waals surface area (Å²) in [5.74, 6) is -1.23. The highest BCUT2D eigenvalue weighted by Gasteiger charge is 2.26. The topological polar surface area (TPSA) is 99.2 Å². The van der Waals surface area contributed by atoms with E-state index < -0.39 is 12.0 Å². The van der Waals surface area contributed by atoms with Gasteiger partial charge in [-0.1, -0.05) is 0 Å². The Morgan fingerprint density at radius 2 is 1.85 bits per heavy atom. The number of carbonyl (C=O) groups excluding carboxylic acids is 2. The Labute approximate surface area is 117 Å². The number of nitrogens with one attached hydrogen (secondary N) is 1. The summed E-state index contributed by atoms with van der Waals surface area (Å²) >= 11 is 0. The number of hydrogen-bond acceptors (Lipinski definition) is 5. The van der Waals surface area contributed by atoms with Crippen LogP contribution in [0, 0.1) is 0 Å². The lowest BCUT2D eigenvalue weighted by molar-refractivity contribution is -0.143. The van der Waals surface area contributed by atoms with Crippen molar-refractivity contribution >= 4 is 18.0 Å². The number of nitrogens with zero attached hydrogens (tertiary/aromatic N) is 2. The van der Waals surface area contributed by atoms with Crippen molar-refractivity contribution < 1.29 is 24.2 Å². The van der Waals surface area contributed by atoms with Crippen LogP contribution in [0.3, 0.4) is 0 Å². The maximum absolute atomic E-state index is 11.8. The molecule has 0 spiro atoms. The van der Waals surface area contributed by atoms with Crippen molar-refractivity contribution in [1.29, 1.82) is 0 Å². The summed E-state index contributed by atoms with van der Waals surface area (Å²) in [6.45, 7) is 3.87. The van der Waals surface area contributed by atoms with E-state index in [4.69, 9.17) is 5.11 Å². The molecule has 0 aliphatic carbocycles. The van der Waals surface area contributed by atoms with Crippen LogP contribution >= 0.6 is 0 Å². The van der Waals surface area contributed by atoms with E-state index in [0.717, 1.165) is 0 Å². The van der Waals surface area contributed by atoms with Crippen LogP contribution in [0.25, 0.3) is 0 Å². The number of urea groups is 1. The molecule has 0 saturated carbocycles. The van der Waals surface area contributed by atoms with Gasteiger partial charge < -0.3 is 20.1 Å². The van der Waals surface area contributed by atoms with Crippen LogP contribution in [0.4, 0.5) is 4.79 Å². The summed E-state index contributed by atoms with van der Waals surface area (Å²) in [7, 11) is 1.30. The largest absolute Gasteiger partial charge is 0.480 e. The van der Waals surface area contributed by atoms with E-state index in [1.54, 1.807) is 11.8 Å². The van der Waals surface area contributed by atoms with Crippen molar-refractivity contribution in [2.75, 3.05) is 39.8 Å². The lowest BCUT2D eigenvalue weighted by Crippen LogP contribution is -2.55. The molecule has 1 rings (SSSR count). The average molecular weight is 287 g/mol. The van der Waals surface area contributed by atoms with Gasteiger partial charge in [0.05, 0.1) is 13.5 Å². The zero-order valence-electron chi connectivity index (χ0n) is 11.8. The van der Waals surface area contributed by atoms with Gasteiger partial charge in [0.1, 0.15) is 6.04 Å². The number of esters is 1. The SMILES string of the molecule is COC(=O)CCNC(=O)N1CCN(C(C)C(=O)O)CC1. The molecule has 1 fully saturated rings. The number of hydrogen-bond donors (Lipinski definition) is 2. The van der Waals surface area contributed by atoms with E-state index in [0.29, 0.717) is 26.2 Å². The minimum Gasteiger partial charge on any atom is -0.480 e. The van der Waals surface area contributed by atoms with Crippen molar-refractivity contribution in [1.82, 2.24) is 15.1 Å². The van der Waals surface area contributed by atoms with Gasteiger partial charge in [-0.25, -0.2) is 4.79 Å². The predicted octanol–water partition coefficient (Wildman–Crippen LogP) is -0.650. The molecule has 1 aliphatic heterocycles. The standard InChI is InChI=1S/C12H21N3O5/c1-9(11(17)18)14-5-7-15(8-6-14)12(19)13-4-3-10(16)20-2/h9H,3-8H2,1-2H3,(H,13,19)(H,17,18). The Morgan fingerprint density at radius 1 is 1.25 bits per heavy atom. The number of piperazine rings is 1. The van der Waals surface area contributed by atoms with Crippen LogP contribution in [-0.4, -0.2) is 78.8 Å². The summed E-state index contributed by atoms with van der Waals surface area (Å²) in [6, 6.07) is -0.781. The molecule has 0 aromatic carbocycles. The molecule has 8 nitrogen and oxygen atoms in total. The molecule has 1 atom stereocenters. The molecule has 1 heterocycles. The molecule has 2 amide bonds. The van der Waals surface area contributed by atoms with Crippen LogP contribution in [-0.2, 0) is 14.3 Å². The Balaban J connectivity index is 2.28. The monoisotopic (exact) mass is 287 g/mol. The first-order chi connectivity index (χ1) is 9.45. The summed E-state index contributed by atoms with van der Waals surface area (Å²) in [6.07, 6.45) is 0.137. The van der Waals surface area contributed by atoms with E-state index in [9.17, 15) is 14.4 Å². The van der Waals surface area contributed by atoms with E-state index in [2.05, 4.69) is 10.1 Å².